The predicted octanol–water partition coefficient (Wildman–Crippen LogP) is 5.54. The lowest BCUT2D eigenvalue weighted by molar-refractivity contribution is -0.118. The van der Waals surface area contributed by atoms with Crippen LogP contribution in [0.1, 0.15) is 11.1 Å². The minimum Gasteiger partial charge on any atom is -0.497 e. The zero-order valence-electron chi connectivity index (χ0n) is 18.2. The lowest BCUT2D eigenvalue weighted by Gasteiger charge is -2.14. The summed E-state index contributed by atoms with van der Waals surface area (Å²) in [6, 6.07) is 27.5. The Kier molecular flexibility index (Phi) is 6.56. The van der Waals surface area contributed by atoms with Gasteiger partial charge >= 0.3 is 0 Å². The SMILES string of the molecule is COc1ccc(OCC(=O)Nc2c(-c3ccccc3)c(C)cn2Cc2ccccc2)cc1. The second-order valence-electron chi connectivity index (χ2n) is 7.53. The van der Waals surface area contributed by atoms with Crippen LogP contribution in [-0.2, 0) is 11.3 Å². The number of anilines is 1. The number of nitrogens with zero attached hydrogens (tertiary/aromatic N) is 1. The molecule has 0 aliphatic carbocycles. The van der Waals surface area contributed by atoms with Crippen molar-refractivity contribution >= 4 is 11.7 Å². The lowest BCUT2D eigenvalue weighted by atomic mass is 10.0. The van der Waals surface area contributed by atoms with Gasteiger partial charge in [0.15, 0.2) is 6.61 Å². The molecular weight excluding hydrogens is 400 g/mol. The Balaban J connectivity index is 1.57. The third-order valence-electron chi connectivity index (χ3n) is 5.21. The van der Waals surface area contributed by atoms with Crippen LogP contribution in [0.4, 0.5) is 5.82 Å². The van der Waals surface area contributed by atoms with Gasteiger partial charge in [0.25, 0.3) is 5.91 Å². The van der Waals surface area contributed by atoms with E-state index in [0.29, 0.717) is 12.3 Å². The van der Waals surface area contributed by atoms with Gasteiger partial charge < -0.3 is 19.4 Å². The number of amides is 1. The van der Waals surface area contributed by atoms with E-state index in [1.54, 1.807) is 31.4 Å². The van der Waals surface area contributed by atoms with E-state index in [4.69, 9.17) is 9.47 Å². The molecule has 162 valence electrons. The second-order valence-corrected chi connectivity index (χ2v) is 7.53. The molecule has 1 heterocycles. The van der Waals surface area contributed by atoms with E-state index in [1.807, 2.05) is 36.4 Å². The maximum Gasteiger partial charge on any atom is 0.263 e. The van der Waals surface area contributed by atoms with E-state index in [0.717, 1.165) is 33.8 Å². The first-order valence-corrected chi connectivity index (χ1v) is 10.5. The Bertz CT molecular complexity index is 1170. The van der Waals surface area contributed by atoms with E-state index >= 15 is 0 Å². The fraction of sp³-hybridized carbons (Fsp3) is 0.148. The summed E-state index contributed by atoms with van der Waals surface area (Å²) in [6.07, 6.45) is 2.08. The molecule has 0 radical (unpaired) electrons. The van der Waals surface area contributed by atoms with Crippen molar-refractivity contribution in [2.24, 2.45) is 0 Å². The molecule has 0 aliphatic heterocycles. The van der Waals surface area contributed by atoms with Crippen molar-refractivity contribution in [3.63, 3.8) is 0 Å². The Labute approximate surface area is 188 Å². The highest BCUT2D eigenvalue weighted by atomic mass is 16.5. The van der Waals surface area contributed by atoms with Gasteiger partial charge in [0, 0.05) is 18.3 Å². The molecule has 0 atom stereocenters. The van der Waals surface area contributed by atoms with Gasteiger partial charge in [0.05, 0.1) is 7.11 Å². The molecule has 4 rings (SSSR count). The Morgan fingerprint density at radius 2 is 1.50 bits per heavy atom. The average Bonchev–Trinajstić information content (AvgIpc) is 3.13. The second kappa shape index (κ2) is 9.88. The zero-order chi connectivity index (χ0) is 22.3. The number of carbonyl (C=O) groups excluding carboxylic acids is 1. The number of benzene rings is 3. The van der Waals surface area contributed by atoms with Crippen LogP contribution in [0.15, 0.2) is 91.1 Å². The van der Waals surface area contributed by atoms with Gasteiger partial charge in [0.1, 0.15) is 17.3 Å². The summed E-state index contributed by atoms with van der Waals surface area (Å²) in [7, 11) is 1.61. The van der Waals surface area contributed by atoms with Crippen molar-refractivity contribution in [1.29, 1.82) is 0 Å². The third kappa shape index (κ3) is 5.01. The smallest absolute Gasteiger partial charge is 0.263 e. The highest BCUT2D eigenvalue weighted by Crippen LogP contribution is 2.34. The van der Waals surface area contributed by atoms with Crippen molar-refractivity contribution in [3.8, 4) is 22.6 Å². The molecule has 4 aromatic rings. The molecule has 3 aromatic carbocycles. The summed E-state index contributed by atoms with van der Waals surface area (Å²) < 4.78 is 12.9. The van der Waals surface area contributed by atoms with Crippen LogP contribution in [0, 0.1) is 6.92 Å². The molecule has 0 fully saturated rings. The highest BCUT2D eigenvalue weighted by Gasteiger charge is 2.18. The Morgan fingerprint density at radius 1 is 0.875 bits per heavy atom. The summed E-state index contributed by atoms with van der Waals surface area (Å²) in [6.45, 7) is 2.63. The number of carbonyl (C=O) groups is 1. The molecule has 0 bridgehead atoms. The molecule has 5 heteroatoms. The van der Waals surface area contributed by atoms with Gasteiger partial charge in [-0.3, -0.25) is 4.79 Å². The van der Waals surface area contributed by atoms with Crippen LogP contribution >= 0.6 is 0 Å². The summed E-state index contributed by atoms with van der Waals surface area (Å²) >= 11 is 0. The fourth-order valence-electron chi connectivity index (χ4n) is 3.69. The van der Waals surface area contributed by atoms with E-state index in [9.17, 15) is 4.79 Å². The van der Waals surface area contributed by atoms with E-state index < -0.39 is 0 Å². The van der Waals surface area contributed by atoms with Crippen molar-refractivity contribution < 1.29 is 14.3 Å². The summed E-state index contributed by atoms with van der Waals surface area (Å²) in [5.41, 5.74) is 4.33. The lowest BCUT2D eigenvalue weighted by Crippen LogP contribution is -2.22. The van der Waals surface area contributed by atoms with Crippen molar-refractivity contribution in [2.75, 3.05) is 19.0 Å². The van der Waals surface area contributed by atoms with Gasteiger partial charge in [-0.25, -0.2) is 0 Å². The molecule has 0 saturated carbocycles. The number of methoxy groups -OCH3 is 1. The predicted molar refractivity (Wildman–Crippen MR) is 127 cm³/mol. The molecule has 5 nitrogen and oxygen atoms in total. The first-order valence-electron chi connectivity index (χ1n) is 10.5. The quantitative estimate of drug-likeness (QED) is 0.403. The highest BCUT2D eigenvalue weighted by molar-refractivity contribution is 5.96. The summed E-state index contributed by atoms with van der Waals surface area (Å²) in [4.78, 5) is 12.8. The topological polar surface area (TPSA) is 52.5 Å². The van der Waals surface area contributed by atoms with Gasteiger partial charge in [-0.1, -0.05) is 60.7 Å². The van der Waals surface area contributed by atoms with Gasteiger partial charge in [-0.05, 0) is 47.9 Å². The van der Waals surface area contributed by atoms with E-state index in [2.05, 4.69) is 47.3 Å². The van der Waals surface area contributed by atoms with Crippen LogP contribution in [0.3, 0.4) is 0 Å². The van der Waals surface area contributed by atoms with Gasteiger partial charge in [-0.2, -0.15) is 0 Å². The number of rotatable bonds is 8. The Hall–Kier alpha value is -3.99. The molecule has 1 aromatic heterocycles. The summed E-state index contributed by atoms with van der Waals surface area (Å²) in [5.74, 6) is 1.90. The van der Waals surface area contributed by atoms with Crippen LogP contribution in [0.2, 0.25) is 0 Å². The molecular formula is C27H26N2O3. The van der Waals surface area contributed by atoms with Crippen molar-refractivity contribution in [1.82, 2.24) is 4.57 Å². The number of hydrogen-bond donors (Lipinski definition) is 1. The van der Waals surface area contributed by atoms with Gasteiger partial charge in [0.2, 0.25) is 0 Å². The molecule has 0 spiro atoms. The van der Waals surface area contributed by atoms with Crippen LogP contribution in [0.5, 0.6) is 11.5 Å². The van der Waals surface area contributed by atoms with Gasteiger partial charge in [-0.15, -0.1) is 0 Å². The number of aryl methyl sites for hydroxylation is 1. The minimum absolute atomic E-state index is 0.0872. The largest absolute Gasteiger partial charge is 0.497 e. The van der Waals surface area contributed by atoms with Crippen LogP contribution < -0.4 is 14.8 Å². The molecule has 32 heavy (non-hydrogen) atoms. The average molecular weight is 427 g/mol. The Morgan fingerprint density at radius 3 is 2.16 bits per heavy atom. The fourth-order valence-corrected chi connectivity index (χ4v) is 3.69. The molecule has 1 amide bonds. The molecule has 0 aliphatic rings. The number of hydrogen-bond acceptors (Lipinski definition) is 3. The van der Waals surface area contributed by atoms with E-state index in [-0.39, 0.29) is 12.5 Å². The number of aromatic nitrogens is 1. The van der Waals surface area contributed by atoms with E-state index in [1.165, 1.54) is 0 Å². The standard InChI is InChI=1S/C27H26N2O3/c1-20-17-29(18-21-9-5-3-6-10-21)27(26(20)22-11-7-4-8-12-22)28-25(30)19-32-24-15-13-23(31-2)14-16-24/h3-17H,18-19H2,1-2H3,(H,28,30). The maximum absolute atomic E-state index is 12.8. The monoisotopic (exact) mass is 426 g/mol. The van der Waals surface area contributed by atoms with Crippen molar-refractivity contribution in [3.05, 3.63) is 102 Å². The first kappa shape index (κ1) is 21.2. The normalized spacial score (nSPS) is 10.6. The van der Waals surface area contributed by atoms with Crippen LogP contribution in [0.25, 0.3) is 11.1 Å². The molecule has 0 unspecified atom stereocenters. The summed E-state index contributed by atoms with van der Waals surface area (Å²) in [5, 5.41) is 3.09. The zero-order valence-corrected chi connectivity index (χ0v) is 18.2. The minimum atomic E-state index is -0.217. The maximum atomic E-state index is 12.8. The van der Waals surface area contributed by atoms with Crippen LogP contribution in [-0.4, -0.2) is 24.2 Å². The first-order chi connectivity index (χ1) is 15.6. The van der Waals surface area contributed by atoms with Crippen molar-refractivity contribution in [2.45, 2.75) is 13.5 Å². The third-order valence-corrected chi connectivity index (χ3v) is 5.21. The molecule has 1 N–H and O–H groups in total. The molecule has 0 saturated heterocycles. The number of ether oxygens (including phenoxy) is 2. The number of nitrogens with one attached hydrogen (secondary N) is 1.